The molecular weight excluding hydrogens is 292 g/mol. The Hall–Kier alpha value is -2.34. The van der Waals surface area contributed by atoms with Gasteiger partial charge in [0.05, 0.1) is 19.3 Å². The molecule has 6 heteroatoms. The zero-order chi connectivity index (χ0) is 16.1. The van der Waals surface area contributed by atoms with Crippen molar-refractivity contribution < 1.29 is 9.53 Å². The zero-order valence-corrected chi connectivity index (χ0v) is 13.3. The maximum atomic E-state index is 12.1. The van der Waals surface area contributed by atoms with Crippen molar-refractivity contribution in [2.75, 3.05) is 19.7 Å². The maximum Gasteiger partial charge on any atom is 0.317 e. The Morgan fingerprint density at radius 3 is 2.83 bits per heavy atom. The van der Waals surface area contributed by atoms with Crippen LogP contribution in [-0.2, 0) is 17.8 Å². The van der Waals surface area contributed by atoms with Gasteiger partial charge in [-0.25, -0.2) is 4.79 Å². The third-order valence-electron chi connectivity index (χ3n) is 3.90. The van der Waals surface area contributed by atoms with Crippen molar-refractivity contribution in [2.24, 2.45) is 0 Å². The van der Waals surface area contributed by atoms with Crippen LogP contribution in [0.1, 0.15) is 18.1 Å². The number of nitrogens with zero attached hydrogens (tertiary/aromatic N) is 3. The summed E-state index contributed by atoms with van der Waals surface area (Å²) in [6, 6.07) is 10.1. The van der Waals surface area contributed by atoms with Crippen molar-refractivity contribution in [1.29, 1.82) is 0 Å². The average Bonchev–Trinajstić information content (AvgIpc) is 3.07. The Kier molecular flexibility index (Phi) is 4.92. The van der Waals surface area contributed by atoms with E-state index in [0.29, 0.717) is 26.2 Å². The Morgan fingerprint density at radius 2 is 2.13 bits per heavy atom. The predicted octanol–water partition coefficient (Wildman–Crippen LogP) is 1.86. The number of carbonyl (C=O) groups is 1. The second kappa shape index (κ2) is 7.28. The third-order valence-corrected chi connectivity index (χ3v) is 3.90. The van der Waals surface area contributed by atoms with Gasteiger partial charge in [0.25, 0.3) is 0 Å². The van der Waals surface area contributed by atoms with Gasteiger partial charge in [-0.1, -0.05) is 24.3 Å². The molecule has 1 aromatic heterocycles. The van der Waals surface area contributed by atoms with Gasteiger partial charge in [0.15, 0.2) is 0 Å². The Bertz CT molecular complexity index is 625. The molecule has 0 spiro atoms. The zero-order valence-electron chi connectivity index (χ0n) is 13.3. The topological polar surface area (TPSA) is 59.4 Å². The van der Waals surface area contributed by atoms with Gasteiger partial charge in [-0.2, -0.15) is 5.10 Å². The molecule has 3 rings (SSSR count). The molecule has 6 nitrogen and oxygen atoms in total. The fourth-order valence-corrected chi connectivity index (χ4v) is 2.64. The molecule has 1 aliphatic heterocycles. The van der Waals surface area contributed by atoms with E-state index in [4.69, 9.17) is 4.74 Å². The van der Waals surface area contributed by atoms with E-state index >= 15 is 0 Å². The van der Waals surface area contributed by atoms with Crippen molar-refractivity contribution >= 4 is 6.03 Å². The van der Waals surface area contributed by atoms with Crippen LogP contribution >= 0.6 is 0 Å². The first-order valence-corrected chi connectivity index (χ1v) is 7.90. The smallest absolute Gasteiger partial charge is 0.317 e. The number of aromatic nitrogens is 2. The first-order chi connectivity index (χ1) is 11.2. The highest BCUT2D eigenvalue weighted by Gasteiger charge is 2.20. The standard InChI is InChI=1S/C17H22N4O2/c1-14-12-20(9-10-23-14)17(22)18-11-15-3-5-16(6-4-15)13-21-8-2-7-19-21/h2-8,14H,9-13H2,1H3,(H,18,22). The fourth-order valence-electron chi connectivity index (χ4n) is 2.64. The van der Waals surface area contributed by atoms with Crippen LogP contribution < -0.4 is 5.32 Å². The van der Waals surface area contributed by atoms with E-state index < -0.39 is 0 Å². The van der Waals surface area contributed by atoms with Gasteiger partial charge in [-0.15, -0.1) is 0 Å². The Labute approximate surface area is 136 Å². The molecule has 1 unspecified atom stereocenters. The highest BCUT2D eigenvalue weighted by atomic mass is 16.5. The van der Waals surface area contributed by atoms with Crippen LogP contribution in [0.5, 0.6) is 0 Å². The summed E-state index contributed by atoms with van der Waals surface area (Å²) in [5.74, 6) is 0. The SMILES string of the molecule is CC1CN(C(=O)NCc2ccc(Cn3cccn3)cc2)CCO1. The lowest BCUT2D eigenvalue weighted by Gasteiger charge is -2.31. The van der Waals surface area contributed by atoms with Gasteiger partial charge in [-0.05, 0) is 24.1 Å². The van der Waals surface area contributed by atoms with Crippen LogP contribution in [0.4, 0.5) is 4.79 Å². The van der Waals surface area contributed by atoms with Crippen LogP contribution in [0.2, 0.25) is 0 Å². The molecule has 1 fully saturated rings. The predicted molar refractivity (Wildman–Crippen MR) is 87.0 cm³/mol. The lowest BCUT2D eigenvalue weighted by molar-refractivity contribution is -0.00351. The lowest BCUT2D eigenvalue weighted by atomic mass is 10.1. The molecule has 2 heterocycles. The number of morpholine rings is 1. The lowest BCUT2D eigenvalue weighted by Crippen LogP contribution is -2.48. The van der Waals surface area contributed by atoms with Crippen molar-refractivity contribution in [2.45, 2.75) is 26.1 Å². The summed E-state index contributed by atoms with van der Waals surface area (Å²) in [5.41, 5.74) is 2.27. The average molecular weight is 314 g/mol. The highest BCUT2D eigenvalue weighted by Crippen LogP contribution is 2.08. The molecule has 0 aliphatic carbocycles. The molecule has 1 N–H and O–H groups in total. The first kappa shape index (κ1) is 15.6. The van der Waals surface area contributed by atoms with Gasteiger partial charge in [0.2, 0.25) is 0 Å². The fraction of sp³-hybridized carbons (Fsp3) is 0.412. The molecule has 0 saturated carbocycles. The van der Waals surface area contributed by atoms with Crippen molar-refractivity contribution in [3.05, 3.63) is 53.9 Å². The molecule has 23 heavy (non-hydrogen) atoms. The third kappa shape index (κ3) is 4.32. The summed E-state index contributed by atoms with van der Waals surface area (Å²) < 4.78 is 7.33. The molecule has 122 valence electrons. The number of amides is 2. The van der Waals surface area contributed by atoms with Gasteiger partial charge in [0.1, 0.15) is 0 Å². The van der Waals surface area contributed by atoms with Crippen LogP contribution in [0.3, 0.4) is 0 Å². The summed E-state index contributed by atoms with van der Waals surface area (Å²) >= 11 is 0. The largest absolute Gasteiger partial charge is 0.375 e. The van der Waals surface area contributed by atoms with Gasteiger partial charge in [0, 0.05) is 32.0 Å². The highest BCUT2D eigenvalue weighted by molar-refractivity contribution is 5.74. The van der Waals surface area contributed by atoms with Crippen LogP contribution in [0.15, 0.2) is 42.7 Å². The van der Waals surface area contributed by atoms with Crippen molar-refractivity contribution in [3.8, 4) is 0 Å². The number of rotatable bonds is 4. The maximum absolute atomic E-state index is 12.1. The molecular formula is C17H22N4O2. The summed E-state index contributed by atoms with van der Waals surface area (Å²) in [7, 11) is 0. The summed E-state index contributed by atoms with van der Waals surface area (Å²) in [6.07, 6.45) is 3.82. The molecule has 2 amide bonds. The number of hydrogen-bond donors (Lipinski definition) is 1. The number of hydrogen-bond acceptors (Lipinski definition) is 3. The van der Waals surface area contributed by atoms with Crippen LogP contribution in [0.25, 0.3) is 0 Å². The number of nitrogens with one attached hydrogen (secondary N) is 1. The van der Waals surface area contributed by atoms with E-state index in [1.165, 1.54) is 5.56 Å². The number of ether oxygens (including phenoxy) is 1. The van der Waals surface area contributed by atoms with E-state index in [9.17, 15) is 4.79 Å². The number of benzene rings is 1. The minimum absolute atomic E-state index is 0.0271. The van der Waals surface area contributed by atoms with Gasteiger partial charge < -0.3 is 15.0 Å². The van der Waals surface area contributed by atoms with E-state index in [2.05, 4.69) is 22.5 Å². The minimum Gasteiger partial charge on any atom is -0.375 e. The Balaban J connectivity index is 1.49. The van der Waals surface area contributed by atoms with Crippen LogP contribution in [-0.4, -0.2) is 46.5 Å². The normalized spacial score (nSPS) is 18.0. The van der Waals surface area contributed by atoms with Crippen LogP contribution in [0, 0.1) is 0 Å². The molecule has 2 aromatic rings. The van der Waals surface area contributed by atoms with Gasteiger partial charge >= 0.3 is 6.03 Å². The van der Waals surface area contributed by atoms with Crippen molar-refractivity contribution in [3.63, 3.8) is 0 Å². The van der Waals surface area contributed by atoms with E-state index in [-0.39, 0.29) is 12.1 Å². The number of urea groups is 1. The van der Waals surface area contributed by atoms with Crippen molar-refractivity contribution in [1.82, 2.24) is 20.0 Å². The first-order valence-electron chi connectivity index (χ1n) is 7.90. The van der Waals surface area contributed by atoms with E-state index in [0.717, 1.165) is 12.1 Å². The second-order valence-electron chi connectivity index (χ2n) is 5.81. The molecule has 0 bridgehead atoms. The second-order valence-corrected chi connectivity index (χ2v) is 5.81. The molecule has 1 atom stereocenters. The molecule has 1 aromatic carbocycles. The van der Waals surface area contributed by atoms with E-state index in [1.54, 1.807) is 11.1 Å². The Morgan fingerprint density at radius 1 is 1.35 bits per heavy atom. The summed E-state index contributed by atoms with van der Waals surface area (Å²) in [4.78, 5) is 13.9. The number of carbonyl (C=O) groups excluding carboxylic acids is 1. The van der Waals surface area contributed by atoms with E-state index in [1.807, 2.05) is 36.0 Å². The minimum atomic E-state index is -0.0271. The molecule has 0 radical (unpaired) electrons. The van der Waals surface area contributed by atoms with Gasteiger partial charge in [-0.3, -0.25) is 4.68 Å². The quantitative estimate of drug-likeness (QED) is 0.937. The monoisotopic (exact) mass is 314 g/mol. The molecule has 1 saturated heterocycles. The summed E-state index contributed by atoms with van der Waals surface area (Å²) in [5, 5.41) is 7.16. The summed E-state index contributed by atoms with van der Waals surface area (Å²) in [6.45, 7) is 5.18. The molecule has 1 aliphatic rings.